The molecule has 86 valence electrons. The second-order valence-electron chi connectivity index (χ2n) is 3.90. The summed E-state index contributed by atoms with van der Waals surface area (Å²) in [7, 11) is 0. The van der Waals surface area contributed by atoms with E-state index in [-0.39, 0.29) is 11.2 Å². The number of carbonyl (C=O) groups is 1. The van der Waals surface area contributed by atoms with Crippen LogP contribution in [0.3, 0.4) is 0 Å². The lowest BCUT2D eigenvalue weighted by Crippen LogP contribution is -2.24. The van der Waals surface area contributed by atoms with E-state index in [4.69, 9.17) is 23.2 Å². The largest absolute Gasteiger partial charge is 0.311 e. The number of amides is 1. The Labute approximate surface area is 110 Å². The minimum absolute atomic E-state index is 0.0657. The van der Waals surface area contributed by atoms with Gasteiger partial charge in [-0.15, -0.1) is 0 Å². The van der Waals surface area contributed by atoms with Crippen molar-refractivity contribution >= 4 is 47.4 Å². The van der Waals surface area contributed by atoms with Crippen LogP contribution in [0.25, 0.3) is 0 Å². The van der Waals surface area contributed by atoms with Gasteiger partial charge in [0.2, 0.25) is 5.91 Å². The van der Waals surface area contributed by atoms with Crippen LogP contribution in [0.1, 0.15) is 12.0 Å². The van der Waals surface area contributed by atoms with Crippen LogP contribution in [0.15, 0.2) is 12.1 Å². The fraction of sp³-hybridized carbons (Fsp3) is 0.364. The highest BCUT2D eigenvalue weighted by atomic mass is 35.5. The third kappa shape index (κ3) is 2.17. The van der Waals surface area contributed by atoms with E-state index in [1.54, 1.807) is 17.0 Å². The third-order valence-corrected chi connectivity index (χ3v) is 3.81. The quantitative estimate of drug-likeness (QED) is 0.780. The Bertz CT molecular complexity index is 427. The van der Waals surface area contributed by atoms with Gasteiger partial charge in [0, 0.05) is 33.9 Å². The first-order chi connectivity index (χ1) is 7.49. The molecular weight excluding hydrogens is 265 g/mol. The first-order valence-electron chi connectivity index (χ1n) is 4.93. The molecular formula is C11H11Cl2NOS. The number of carbonyl (C=O) groups excluding carboxylic acids is 1. The zero-order chi connectivity index (χ0) is 11.9. The number of hydrogen-bond donors (Lipinski definition) is 1. The second-order valence-corrected chi connectivity index (χ2v) is 5.44. The van der Waals surface area contributed by atoms with Crippen LogP contribution in [-0.4, -0.2) is 17.7 Å². The highest BCUT2D eigenvalue weighted by molar-refractivity contribution is 7.81. The number of nitrogens with zero attached hydrogens (tertiary/aromatic N) is 1. The minimum Gasteiger partial charge on any atom is -0.311 e. The molecule has 0 spiro atoms. The average Bonchev–Trinajstić information content (AvgIpc) is 2.53. The Morgan fingerprint density at radius 2 is 1.94 bits per heavy atom. The molecule has 5 heteroatoms. The smallest absolute Gasteiger partial charge is 0.228 e. The lowest BCUT2D eigenvalue weighted by Gasteiger charge is -2.17. The van der Waals surface area contributed by atoms with Crippen LogP contribution >= 0.6 is 35.8 Å². The molecule has 1 fully saturated rings. The molecule has 0 radical (unpaired) electrons. The van der Waals surface area contributed by atoms with Gasteiger partial charge in [0.1, 0.15) is 0 Å². The van der Waals surface area contributed by atoms with Crippen LogP contribution in [0.4, 0.5) is 5.69 Å². The maximum Gasteiger partial charge on any atom is 0.228 e. The van der Waals surface area contributed by atoms with E-state index in [1.807, 2.05) is 6.92 Å². The Hall–Kier alpha value is -0.380. The predicted octanol–water partition coefficient (Wildman–Crippen LogP) is 3.34. The van der Waals surface area contributed by atoms with E-state index in [9.17, 15) is 4.79 Å². The summed E-state index contributed by atoms with van der Waals surface area (Å²) < 4.78 is 0. The summed E-state index contributed by atoms with van der Waals surface area (Å²) in [4.78, 5) is 13.4. The minimum atomic E-state index is 0.0657. The molecule has 1 aromatic rings. The SMILES string of the molecule is Cc1c(Cl)cc(N2CC(S)CC2=O)cc1Cl. The average molecular weight is 276 g/mol. The zero-order valence-corrected chi connectivity index (χ0v) is 11.1. The van der Waals surface area contributed by atoms with Gasteiger partial charge in [0.15, 0.2) is 0 Å². The predicted molar refractivity (Wildman–Crippen MR) is 70.9 cm³/mol. The molecule has 16 heavy (non-hydrogen) atoms. The molecule has 0 aromatic heterocycles. The Morgan fingerprint density at radius 3 is 2.38 bits per heavy atom. The van der Waals surface area contributed by atoms with Crippen LogP contribution in [0, 0.1) is 6.92 Å². The topological polar surface area (TPSA) is 20.3 Å². The maximum absolute atomic E-state index is 11.7. The van der Waals surface area contributed by atoms with Crippen LogP contribution in [-0.2, 0) is 4.79 Å². The standard InChI is InChI=1S/C11H11Cl2NOS/c1-6-9(12)2-7(3-10(6)13)14-5-8(16)4-11(14)15/h2-3,8,16H,4-5H2,1H3. The molecule has 0 aliphatic carbocycles. The van der Waals surface area contributed by atoms with Gasteiger partial charge in [-0.25, -0.2) is 0 Å². The molecule has 1 amide bonds. The molecule has 1 heterocycles. The summed E-state index contributed by atoms with van der Waals surface area (Å²) in [5.41, 5.74) is 1.59. The van der Waals surface area contributed by atoms with E-state index in [2.05, 4.69) is 12.6 Å². The van der Waals surface area contributed by atoms with Crippen molar-refractivity contribution in [3.63, 3.8) is 0 Å². The lowest BCUT2D eigenvalue weighted by atomic mass is 10.2. The van der Waals surface area contributed by atoms with Gasteiger partial charge < -0.3 is 4.90 Å². The number of thiol groups is 1. The Balaban J connectivity index is 2.38. The van der Waals surface area contributed by atoms with Crippen molar-refractivity contribution in [2.45, 2.75) is 18.6 Å². The Kier molecular flexibility index (Phi) is 3.38. The van der Waals surface area contributed by atoms with Gasteiger partial charge >= 0.3 is 0 Å². The first kappa shape index (κ1) is 12.1. The lowest BCUT2D eigenvalue weighted by molar-refractivity contribution is -0.117. The summed E-state index contributed by atoms with van der Waals surface area (Å²) in [6, 6.07) is 3.54. The van der Waals surface area contributed by atoms with Gasteiger partial charge in [0.25, 0.3) is 0 Å². The molecule has 1 aliphatic heterocycles. The molecule has 1 aromatic carbocycles. The third-order valence-electron chi connectivity index (χ3n) is 2.68. The normalized spacial score (nSPS) is 20.6. The number of benzene rings is 1. The first-order valence-corrected chi connectivity index (χ1v) is 6.20. The molecule has 1 atom stereocenters. The van der Waals surface area contributed by atoms with Crippen molar-refractivity contribution in [3.05, 3.63) is 27.7 Å². The van der Waals surface area contributed by atoms with Crippen molar-refractivity contribution in [3.8, 4) is 0 Å². The summed E-state index contributed by atoms with van der Waals surface area (Å²) >= 11 is 16.4. The molecule has 1 saturated heterocycles. The van der Waals surface area contributed by atoms with E-state index in [0.717, 1.165) is 11.3 Å². The molecule has 2 nitrogen and oxygen atoms in total. The van der Waals surface area contributed by atoms with Crippen LogP contribution in [0.5, 0.6) is 0 Å². The summed E-state index contributed by atoms with van der Waals surface area (Å²) in [6.45, 7) is 2.46. The summed E-state index contributed by atoms with van der Waals surface area (Å²) in [6.07, 6.45) is 0.465. The van der Waals surface area contributed by atoms with Crippen molar-refractivity contribution in [2.24, 2.45) is 0 Å². The maximum atomic E-state index is 11.7. The number of hydrogen-bond acceptors (Lipinski definition) is 2. The van der Waals surface area contributed by atoms with Gasteiger partial charge in [-0.2, -0.15) is 12.6 Å². The number of rotatable bonds is 1. The van der Waals surface area contributed by atoms with E-state index in [1.165, 1.54) is 0 Å². The van der Waals surface area contributed by atoms with Gasteiger partial charge in [0.05, 0.1) is 0 Å². The number of halogens is 2. The zero-order valence-electron chi connectivity index (χ0n) is 8.70. The fourth-order valence-electron chi connectivity index (χ4n) is 1.73. The molecule has 1 aliphatic rings. The summed E-state index contributed by atoms with van der Waals surface area (Å²) in [5.74, 6) is 0.0657. The summed E-state index contributed by atoms with van der Waals surface area (Å²) in [5, 5.41) is 1.25. The van der Waals surface area contributed by atoms with Gasteiger partial charge in [-0.1, -0.05) is 23.2 Å². The Morgan fingerprint density at radius 1 is 1.38 bits per heavy atom. The van der Waals surface area contributed by atoms with Crippen LogP contribution in [0.2, 0.25) is 10.0 Å². The second kappa shape index (κ2) is 4.47. The van der Waals surface area contributed by atoms with Crippen molar-refractivity contribution < 1.29 is 4.79 Å². The molecule has 2 rings (SSSR count). The monoisotopic (exact) mass is 275 g/mol. The molecule has 0 bridgehead atoms. The highest BCUT2D eigenvalue weighted by Crippen LogP contribution is 2.32. The van der Waals surface area contributed by atoms with Crippen molar-refractivity contribution in [2.75, 3.05) is 11.4 Å². The van der Waals surface area contributed by atoms with E-state index >= 15 is 0 Å². The van der Waals surface area contributed by atoms with Crippen molar-refractivity contribution in [1.82, 2.24) is 0 Å². The van der Waals surface area contributed by atoms with E-state index in [0.29, 0.717) is 23.0 Å². The number of anilines is 1. The van der Waals surface area contributed by atoms with Gasteiger partial charge in [-0.3, -0.25) is 4.79 Å². The van der Waals surface area contributed by atoms with E-state index < -0.39 is 0 Å². The van der Waals surface area contributed by atoms with Crippen molar-refractivity contribution in [1.29, 1.82) is 0 Å². The fourth-order valence-corrected chi connectivity index (χ4v) is 2.52. The van der Waals surface area contributed by atoms with Crippen LogP contribution < -0.4 is 4.90 Å². The molecule has 0 N–H and O–H groups in total. The van der Waals surface area contributed by atoms with Gasteiger partial charge in [-0.05, 0) is 24.6 Å². The highest BCUT2D eigenvalue weighted by Gasteiger charge is 2.28. The molecule has 1 unspecified atom stereocenters. The molecule has 0 saturated carbocycles.